The van der Waals surface area contributed by atoms with E-state index in [0.29, 0.717) is 0 Å². The van der Waals surface area contributed by atoms with E-state index < -0.39 is 55.3 Å². The van der Waals surface area contributed by atoms with E-state index in [1.165, 1.54) is 0 Å². The first-order valence-electron chi connectivity index (χ1n) is 6.77. The van der Waals surface area contributed by atoms with Gasteiger partial charge in [-0.15, -0.1) is 0 Å². The fraction of sp³-hybridized carbons (Fsp3) is 1.00. The molecular weight excluding hydrogens is 304 g/mol. The van der Waals surface area contributed by atoms with Crippen LogP contribution in [0.25, 0.3) is 0 Å². The Bertz CT molecular complexity index is 297. The van der Waals surface area contributed by atoms with Gasteiger partial charge in [-0.3, -0.25) is 0 Å². The van der Waals surface area contributed by atoms with Crippen molar-refractivity contribution in [2.24, 2.45) is 5.41 Å². The van der Waals surface area contributed by atoms with Crippen LogP contribution in [0.15, 0.2) is 0 Å². The molecule has 0 bridgehead atoms. The summed E-state index contributed by atoms with van der Waals surface area (Å²) >= 11 is 0. The molecule has 0 aromatic heterocycles. The highest BCUT2D eigenvalue weighted by Crippen LogP contribution is 2.35. The summed E-state index contributed by atoms with van der Waals surface area (Å²) in [7, 11) is 0. The molecule has 0 spiro atoms. The van der Waals surface area contributed by atoms with E-state index in [2.05, 4.69) is 0 Å². The quantitative estimate of drug-likeness (QED) is 0.215. The van der Waals surface area contributed by atoms with Crippen molar-refractivity contribution in [1.29, 1.82) is 0 Å². The lowest BCUT2D eigenvalue weighted by atomic mass is 9.72. The summed E-state index contributed by atoms with van der Waals surface area (Å²) in [5.41, 5.74) is -1.77. The van der Waals surface area contributed by atoms with Crippen LogP contribution in [0, 0.1) is 5.41 Å². The molecule has 0 saturated carbocycles. The molecule has 10 nitrogen and oxygen atoms in total. The fourth-order valence-electron chi connectivity index (χ4n) is 2.40. The molecule has 0 aromatic rings. The smallest absolute Gasteiger partial charge is 0.146 e. The molecular formula is C12H24O10. The first kappa shape index (κ1) is 19.6. The molecule has 8 N–H and O–H groups in total. The summed E-state index contributed by atoms with van der Waals surface area (Å²) in [6.45, 7) is -2.51. The van der Waals surface area contributed by atoms with Gasteiger partial charge in [0.05, 0.1) is 44.1 Å². The van der Waals surface area contributed by atoms with Gasteiger partial charge in [-0.05, 0) is 0 Å². The Balaban J connectivity index is 3.03. The van der Waals surface area contributed by atoms with Gasteiger partial charge in [-0.25, -0.2) is 0 Å². The average Bonchev–Trinajstić information content (AvgIpc) is 2.57. The maximum Gasteiger partial charge on any atom is 0.146 e. The lowest BCUT2D eigenvalue weighted by molar-refractivity contribution is -0.267. The largest absolute Gasteiger partial charge is 0.394 e. The molecule has 10 heteroatoms. The Morgan fingerprint density at radius 2 is 1.09 bits per heavy atom. The minimum absolute atomic E-state index is 0.140. The molecule has 1 rings (SSSR count). The van der Waals surface area contributed by atoms with Crippen molar-refractivity contribution in [3.63, 3.8) is 0 Å². The maximum absolute atomic E-state index is 10.3. The third kappa shape index (κ3) is 3.92. The summed E-state index contributed by atoms with van der Waals surface area (Å²) < 4.78 is 10.0. The van der Waals surface area contributed by atoms with E-state index in [1.54, 1.807) is 0 Å². The summed E-state index contributed by atoms with van der Waals surface area (Å²) in [4.78, 5) is 0. The first-order chi connectivity index (χ1) is 10.3. The van der Waals surface area contributed by atoms with Crippen molar-refractivity contribution in [2.45, 2.75) is 36.6 Å². The second-order valence-electron chi connectivity index (χ2n) is 5.42. The molecule has 0 aromatic carbocycles. The fourth-order valence-corrected chi connectivity index (χ4v) is 2.40. The van der Waals surface area contributed by atoms with Crippen LogP contribution in [-0.4, -0.2) is 111 Å². The van der Waals surface area contributed by atoms with Crippen LogP contribution in [0.3, 0.4) is 0 Å². The van der Waals surface area contributed by atoms with Gasteiger partial charge in [0.1, 0.15) is 31.2 Å². The van der Waals surface area contributed by atoms with E-state index in [4.69, 9.17) is 19.7 Å². The van der Waals surface area contributed by atoms with Crippen LogP contribution >= 0.6 is 0 Å². The van der Waals surface area contributed by atoms with Crippen molar-refractivity contribution in [3.8, 4) is 0 Å². The summed E-state index contributed by atoms with van der Waals surface area (Å²) in [6, 6.07) is 0. The summed E-state index contributed by atoms with van der Waals surface area (Å²) in [6.07, 6.45) is -10.8. The van der Waals surface area contributed by atoms with Crippen molar-refractivity contribution >= 4 is 0 Å². The van der Waals surface area contributed by atoms with Gasteiger partial charge in [0.25, 0.3) is 0 Å². The minimum Gasteiger partial charge on any atom is -0.394 e. The summed E-state index contributed by atoms with van der Waals surface area (Å²) in [5.74, 6) is 0. The number of hydrogen-bond acceptors (Lipinski definition) is 10. The summed E-state index contributed by atoms with van der Waals surface area (Å²) in [5, 5.41) is 76.8. The second-order valence-corrected chi connectivity index (χ2v) is 5.42. The van der Waals surface area contributed by atoms with Gasteiger partial charge >= 0.3 is 0 Å². The third-order valence-corrected chi connectivity index (χ3v) is 3.90. The van der Waals surface area contributed by atoms with Gasteiger partial charge < -0.3 is 50.3 Å². The lowest BCUT2D eigenvalue weighted by Crippen LogP contribution is -2.64. The Labute approximate surface area is 126 Å². The molecule has 1 saturated heterocycles. The molecule has 132 valence electrons. The molecule has 1 aliphatic rings. The van der Waals surface area contributed by atoms with Crippen molar-refractivity contribution < 1.29 is 50.3 Å². The Morgan fingerprint density at radius 3 is 1.41 bits per heavy atom. The maximum atomic E-state index is 10.3. The highest BCUT2D eigenvalue weighted by atomic mass is 16.7. The molecule has 1 heterocycles. The van der Waals surface area contributed by atoms with Crippen LogP contribution in [0.4, 0.5) is 0 Å². The van der Waals surface area contributed by atoms with Crippen molar-refractivity contribution in [3.05, 3.63) is 0 Å². The van der Waals surface area contributed by atoms with Crippen molar-refractivity contribution in [1.82, 2.24) is 0 Å². The average molecular weight is 328 g/mol. The number of aliphatic hydroxyl groups is 8. The molecule has 6 atom stereocenters. The number of ether oxygens (including phenoxy) is 2. The predicted octanol–water partition coefficient (Wildman–Crippen LogP) is -4.87. The highest BCUT2D eigenvalue weighted by molar-refractivity contribution is 5.01. The van der Waals surface area contributed by atoms with Crippen molar-refractivity contribution in [2.75, 3.05) is 33.2 Å². The number of rotatable bonds is 8. The van der Waals surface area contributed by atoms with Crippen LogP contribution in [0.2, 0.25) is 0 Å². The molecule has 0 aliphatic carbocycles. The van der Waals surface area contributed by atoms with E-state index >= 15 is 0 Å². The zero-order valence-electron chi connectivity index (χ0n) is 11.9. The zero-order valence-corrected chi connectivity index (χ0v) is 11.9. The van der Waals surface area contributed by atoms with Crippen LogP contribution in [0.5, 0.6) is 0 Å². The minimum atomic E-state index is -1.86. The van der Waals surface area contributed by atoms with Crippen LogP contribution in [0.1, 0.15) is 0 Å². The Hall–Kier alpha value is -0.400. The monoisotopic (exact) mass is 328 g/mol. The number of aliphatic hydroxyl groups excluding tert-OH is 8. The molecule has 1 fully saturated rings. The van der Waals surface area contributed by atoms with Gasteiger partial charge in [0, 0.05) is 0 Å². The molecule has 0 radical (unpaired) electrons. The molecule has 0 amide bonds. The zero-order chi connectivity index (χ0) is 16.9. The van der Waals surface area contributed by atoms with E-state index in [0.717, 1.165) is 0 Å². The predicted molar refractivity (Wildman–Crippen MR) is 69.4 cm³/mol. The lowest BCUT2D eigenvalue weighted by Gasteiger charge is -2.47. The van der Waals surface area contributed by atoms with Gasteiger partial charge in [0.15, 0.2) is 0 Å². The van der Waals surface area contributed by atoms with E-state index in [9.17, 15) is 30.6 Å². The molecule has 22 heavy (non-hydrogen) atoms. The molecule has 6 unspecified atom stereocenters. The van der Waals surface area contributed by atoms with E-state index in [1.807, 2.05) is 0 Å². The number of hydrogen-bond donors (Lipinski definition) is 8. The Morgan fingerprint density at radius 1 is 0.727 bits per heavy atom. The second kappa shape index (κ2) is 8.45. The van der Waals surface area contributed by atoms with Gasteiger partial charge in [-0.1, -0.05) is 0 Å². The first-order valence-corrected chi connectivity index (χ1v) is 6.77. The van der Waals surface area contributed by atoms with Crippen LogP contribution < -0.4 is 0 Å². The third-order valence-electron chi connectivity index (χ3n) is 3.90. The van der Waals surface area contributed by atoms with Gasteiger partial charge in [0.2, 0.25) is 0 Å². The van der Waals surface area contributed by atoms with Gasteiger partial charge in [-0.2, -0.15) is 0 Å². The van der Waals surface area contributed by atoms with Crippen LogP contribution in [-0.2, 0) is 9.47 Å². The molecule has 1 aliphatic heterocycles. The van der Waals surface area contributed by atoms with E-state index in [-0.39, 0.29) is 20.0 Å². The normalized spacial score (nSPS) is 26.7. The highest BCUT2D eigenvalue weighted by Gasteiger charge is 2.53. The topological polar surface area (TPSA) is 180 Å². The SMILES string of the molecule is OCC(O)C(O)C(O)C1(C(O)C(O)C(O)CO)COCOC1. The Kier molecular flexibility index (Phi) is 7.55. The standard InChI is InChI=1S/C12H24O10/c13-1-6(15)8(17)10(19)12(3-21-5-22-4-12)11(20)9(18)7(16)2-14/h6-11,13-20H,1-5H2.